The molecular weight excluding hydrogens is 338 g/mol. The second-order valence-corrected chi connectivity index (χ2v) is 9.26. The molecule has 0 saturated carbocycles. The summed E-state index contributed by atoms with van der Waals surface area (Å²) in [6.45, 7) is 11.3. The third-order valence-electron chi connectivity index (χ3n) is 4.38. The average molecular weight is 366 g/mol. The summed E-state index contributed by atoms with van der Waals surface area (Å²) in [7, 11) is 0. The average Bonchev–Trinajstić information content (AvgIpc) is 3.23. The van der Waals surface area contributed by atoms with Crippen molar-refractivity contribution < 1.29 is 0 Å². The van der Waals surface area contributed by atoms with Crippen LogP contribution in [-0.4, -0.2) is 40.7 Å². The molecule has 132 valence electrons. The van der Waals surface area contributed by atoms with Crippen LogP contribution in [0.15, 0.2) is 5.38 Å². The van der Waals surface area contributed by atoms with Gasteiger partial charge in [0.15, 0.2) is 5.13 Å². The Balaban J connectivity index is 1.70. The highest BCUT2D eigenvalue weighted by Crippen LogP contribution is 2.36. The molecule has 1 fully saturated rings. The van der Waals surface area contributed by atoms with Crippen LogP contribution in [0.2, 0.25) is 0 Å². The Morgan fingerprint density at radius 3 is 2.83 bits per heavy atom. The number of likely N-dealkylation sites (tertiary alicyclic amines) is 1. The van der Waals surface area contributed by atoms with Crippen molar-refractivity contribution >= 4 is 27.8 Å². The van der Waals surface area contributed by atoms with Gasteiger partial charge >= 0.3 is 0 Å². The molecule has 24 heavy (non-hydrogen) atoms. The lowest BCUT2D eigenvalue weighted by atomic mass is 9.98. The predicted molar refractivity (Wildman–Crippen MR) is 104 cm³/mol. The maximum atomic E-state index is 5.85. The molecule has 0 spiro atoms. The topological polar surface area (TPSA) is 67.1 Å². The van der Waals surface area contributed by atoms with Crippen molar-refractivity contribution in [1.29, 1.82) is 0 Å². The molecule has 0 bridgehead atoms. The van der Waals surface area contributed by atoms with Gasteiger partial charge in [-0.3, -0.25) is 4.90 Å². The molecule has 0 unspecified atom stereocenters. The van der Waals surface area contributed by atoms with Gasteiger partial charge in [0.1, 0.15) is 0 Å². The van der Waals surface area contributed by atoms with Crippen molar-refractivity contribution in [2.24, 2.45) is 5.73 Å². The largest absolute Gasteiger partial charge is 0.349 e. The first kappa shape index (κ1) is 17.8. The van der Waals surface area contributed by atoms with Crippen LogP contribution >= 0.6 is 22.7 Å². The molecule has 0 amide bonds. The fourth-order valence-corrected chi connectivity index (χ4v) is 4.86. The van der Waals surface area contributed by atoms with Gasteiger partial charge in [-0.15, -0.1) is 11.3 Å². The second-order valence-electron chi connectivity index (χ2n) is 7.40. The summed E-state index contributed by atoms with van der Waals surface area (Å²) in [6, 6.07) is 0.505. The van der Waals surface area contributed by atoms with Crippen molar-refractivity contribution in [3.63, 3.8) is 0 Å². The van der Waals surface area contributed by atoms with Gasteiger partial charge in [0, 0.05) is 29.9 Å². The number of rotatable bonds is 5. The molecule has 1 aliphatic rings. The van der Waals surface area contributed by atoms with Crippen LogP contribution in [0.3, 0.4) is 0 Å². The summed E-state index contributed by atoms with van der Waals surface area (Å²) in [5.41, 5.74) is 8.03. The number of aromatic nitrogens is 2. The quantitative estimate of drug-likeness (QED) is 0.846. The van der Waals surface area contributed by atoms with Crippen molar-refractivity contribution in [3.05, 3.63) is 16.1 Å². The van der Waals surface area contributed by atoms with Gasteiger partial charge in [-0.05, 0) is 19.8 Å². The summed E-state index contributed by atoms with van der Waals surface area (Å²) < 4.78 is 0. The minimum atomic E-state index is 0.0928. The molecule has 0 aliphatic carbocycles. The van der Waals surface area contributed by atoms with Crippen molar-refractivity contribution in [1.82, 2.24) is 14.9 Å². The Hall–Kier alpha value is -1.02. The first-order valence-corrected chi connectivity index (χ1v) is 10.2. The molecule has 0 aromatic carbocycles. The van der Waals surface area contributed by atoms with Crippen LogP contribution in [-0.2, 0) is 5.41 Å². The molecular formula is C17H27N5S2. The molecule has 1 saturated heterocycles. The molecule has 1 atom stereocenters. The summed E-state index contributed by atoms with van der Waals surface area (Å²) >= 11 is 3.42. The third-order valence-corrected chi connectivity index (χ3v) is 6.79. The first-order chi connectivity index (χ1) is 11.4. The van der Waals surface area contributed by atoms with E-state index in [-0.39, 0.29) is 5.41 Å². The van der Waals surface area contributed by atoms with Gasteiger partial charge in [-0.25, -0.2) is 9.97 Å². The third kappa shape index (κ3) is 3.79. The Bertz CT molecular complexity index is 685. The standard InChI is InChI=1S/C17H27N5S2/c1-11-14(13-9-23-15(21-13)17(2,3)4)24-16(20-11)19-10-22-7-5-6-12(22)8-18/h9,12H,5-8,10,18H2,1-4H3,(H,19,20)/t12-/m0/s1. The van der Waals surface area contributed by atoms with Crippen molar-refractivity contribution in [3.8, 4) is 10.6 Å². The molecule has 0 radical (unpaired) electrons. The zero-order valence-corrected chi connectivity index (χ0v) is 16.6. The van der Waals surface area contributed by atoms with E-state index < -0.39 is 0 Å². The second kappa shape index (κ2) is 7.07. The summed E-state index contributed by atoms with van der Waals surface area (Å²) in [4.78, 5) is 13.1. The maximum Gasteiger partial charge on any atom is 0.184 e. The Morgan fingerprint density at radius 2 is 2.17 bits per heavy atom. The fourth-order valence-electron chi connectivity index (χ4n) is 2.97. The highest BCUT2D eigenvalue weighted by molar-refractivity contribution is 7.19. The number of anilines is 1. The molecule has 1 aliphatic heterocycles. The SMILES string of the molecule is Cc1nc(NCN2CCC[C@H]2CN)sc1-c1csc(C(C)(C)C)n1. The minimum Gasteiger partial charge on any atom is -0.349 e. The van der Waals surface area contributed by atoms with Crippen molar-refractivity contribution in [2.75, 3.05) is 25.1 Å². The number of aryl methyl sites for hydroxylation is 1. The molecule has 3 N–H and O–H groups in total. The van der Waals surface area contributed by atoms with Crippen molar-refractivity contribution in [2.45, 2.75) is 52.0 Å². The molecule has 5 nitrogen and oxygen atoms in total. The lowest BCUT2D eigenvalue weighted by Crippen LogP contribution is -2.38. The molecule has 2 aromatic heterocycles. The summed E-state index contributed by atoms with van der Waals surface area (Å²) in [6.07, 6.45) is 2.44. The number of nitrogens with zero attached hydrogens (tertiary/aromatic N) is 3. The van der Waals surface area contributed by atoms with E-state index in [1.807, 2.05) is 0 Å². The molecule has 7 heteroatoms. The number of nitrogens with two attached hydrogens (primary N) is 1. The van der Waals surface area contributed by atoms with E-state index in [1.165, 1.54) is 22.7 Å². The Labute approximate surface area is 152 Å². The van der Waals surface area contributed by atoms with Gasteiger partial charge < -0.3 is 11.1 Å². The smallest absolute Gasteiger partial charge is 0.184 e. The van der Waals surface area contributed by atoms with Crippen LogP contribution in [0.4, 0.5) is 5.13 Å². The van der Waals surface area contributed by atoms with Crippen LogP contribution in [0, 0.1) is 6.92 Å². The number of hydrogen-bond donors (Lipinski definition) is 2. The lowest BCUT2D eigenvalue weighted by Gasteiger charge is -2.22. The van der Waals surface area contributed by atoms with Gasteiger partial charge in [0.25, 0.3) is 0 Å². The van der Waals surface area contributed by atoms with Crippen LogP contribution in [0.25, 0.3) is 10.6 Å². The Morgan fingerprint density at radius 1 is 1.38 bits per heavy atom. The highest BCUT2D eigenvalue weighted by Gasteiger charge is 2.23. The monoisotopic (exact) mass is 365 g/mol. The maximum absolute atomic E-state index is 5.85. The van der Waals surface area contributed by atoms with Gasteiger partial charge in [0.2, 0.25) is 0 Å². The Kier molecular flexibility index (Phi) is 5.24. The zero-order valence-electron chi connectivity index (χ0n) is 14.9. The van der Waals surface area contributed by atoms with Crippen LogP contribution in [0.1, 0.15) is 44.3 Å². The highest BCUT2D eigenvalue weighted by atomic mass is 32.1. The van der Waals surface area contributed by atoms with E-state index in [2.05, 4.69) is 48.3 Å². The molecule has 3 heterocycles. The van der Waals surface area contributed by atoms with E-state index in [0.717, 1.165) is 36.3 Å². The van der Waals surface area contributed by atoms with Crippen LogP contribution < -0.4 is 11.1 Å². The predicted octanol–water partition coefficient (Wildman–Crippen LogP) is 3.67. The molecule has 3 rings (SSSR count). The lowest BCUT2D eigenvalue weighted by molar-refractivity contribution is 0.277. The normalized spacial score (nSPS) is 19.1. The number of thiazole rings is 2. The van der Waals surface area contributed by atoms with Gasteiger partial charge in [-0.1, -0.05) is 32.1 Å². The van der Waals surface area contributed by atoms with E-state index >= 15 is 0 Å². The van der Waals surface area contributed by atoms with Crippen LogP contribution in [0.5, 0.6) is 0 Å². The van der Waals surface area contributed by atoms with Gasteiger partial charge in [-0.2, -0.15) is 0 Å². The minimum absolute atomic E-state index is 0.0928. The summed E-state index contributed by atoms with van der Waals surface area (Å²) in [5.74, 6) is 0. The number of nitrogens with one attached hydrogen (secondary N) is 1. The first-order valence-electron chi connectivity index (χ1n) is 8.50. The van der Waals surface area contributed by atoms with E-state index in [9.17, 15) is 0 Å². The van der Waals surface area contributed by atoms with Gasteiger partial charge in [0.05, 0.1) is 27.9 Å². The summed E-state index contributed by atoms with van der Waals surface area (Å²) in [5, 5.41) is 7.76. The zero-order chi connectivity index (χ0) is 17.3. The fraction of sp³-hybridized carbons (Fsp3) is 0.647. The molecule has 2 aromatic rings. The van der Waals surface area contributed by atoms with E-state index in [0.29, 0.717) is 6.04 Å². The number of hydrogen-bond acceptors (Lipinski definition) is 7. The van der Waals surface area contributed by atoms with E-state index in [1.54, 1.807) is 22.7 Å². The van der Waals surface area contributed by atoms with E-state index in [4.69, 9.17) is 10.7 Å².